The number of nitrogens with one attached hydrogen (secondary N) is 1. The van der Waals surface area contributed by atoms with E-state index in [0.29, 0.717) is 6.54 Å². The van der Waals surface area contributed by atoms with Gasteiger partial charge in [0.05, 0.1) is 32.0 Å². The van der Waals surface area contributed by atoms with Gasteiger partial charge in [0.2, 0.25) is 0 Å². The van der Waals surface area contributed by atoms with Crippen LogP contribution < -0.4 is 15.1 Å². The van der Waals surface area contributed by atoms with Crippen LogP contribution in [0.25, 0.3) is 0 Å². The van der Waals surface area contributed by atoms with Gasteiger partial charge in [0.25, 0.3) is 0 Å². The molecule has 2 fully saturated rings. The maximum absolute atomic E-state index is 12.1. The number of hydrogen-bond acceptors (Lipinski definition) is 5. The number of amides is 2. The fraction of sp³-hybridized carbons (Fsp3) is 0.467. The standard InChI is InChI=1S/C15H17ClIN3O4/c16-14(21)18-8-11-9-20(15(22)24-11)10-1-2-13(12(17)7-10)19-3-5-23-6-4-19/h1-2,7,11H,3-6,8-9H2,(H,18,21)/t11-/m0/s1. The van der Waals surface area contributed by atoms with E-state index in [1.165, 1.54) is 0 Å². The lowest BCUT2D eigenvalue weighted by Crippen LogP contribution is -2.36. The van der Waals surface area contributed by atoms with Crippen molar-refractivity contribution in [3.8, 4) is 0 Å². The van der Waals surface area contributed by atoms with Gasteiger partial charge >= 0.3 is 11.5 Å². The highest BCUT2D eigenvalue weighted by Gasteiger charge is 2.32. The lowest BCUT2D eigenvalue weighted by molar-refractivity contribution is 0.122. The molecular weight excluding hydrogens is 449 g/mol. The highest BCUT2D eigenvalue weighted by Crippen LogP contribution is 2.30. The minimum Gasteiger partial charge on any atom is -0.442 e. The van der Waals surface area contributed by atoms with Gasteiger partial charge in [-0.25, -0.2) is 4.79 Å². The number of halogens is 2. The van der Waals surface area contributed by atoms with Crippen molar-refractivity contribution in [2.75, 3.05) is 49.2 Å². The van der Waals surface area contributed by atoms with Crippen LogP contribution in [0.4, 0.5) is 21.0 Å². The van der Waals surface area contributed by atoms with E-state index < -0.39 is 17.6 Å². The first-order valence-corrected chi connectivity index (χ1v) is 9.04. The molecule has 7 nitrogen and oxygen atoms in total. The molecule has 130 valence electrons. The Kier molecular flexibility index (Phi) is 5.67. The number of carbonyl (C=O) groups excluding carboxylic acids is 2. The van der Waals surface area contributed by atoms with Gasteiger partial charge in [-0.1, -0.05) is 0 Å². The molecular formula is C15H17ClIN3O4. The number of ether oxygens (including phenoxy) is 2. The molecule has 9 heteroatoms. The Morgan fingerprint density at radius 1 is 1.38 bits per heavy atom. The van der Waals surface area contributed by atoms with Gasteiger partial charge in [-0.2, -0.15) is 0 Å². The molecule has 0 aromatic heterocycles. The Bertz CT molecular complexity index is 639. The average Bonchev–Trinajstić information content (AvgIpc) is 2.94. The molecule has 0 saturated carbocycles. The highest BCUT2D eigenvalue weighted by atomic mass is 127. The summed E-state index contributed by atoms with van der Waals surface area (Å²) in [6.45, 7) is 3.76. The van der Waals surface area contributed by atoms with Crippen molar-refractivity contribution in [2.24, 2.45) is 0 Å². The summed E-state index contributed by atoms with van der Waals surface area (Å²) in [5.74, 6) is 0. The third-order valence-corrected chi connectivity index (χ3v) is 4.94. The van der Waals surface area contributed by atoms with Crippen LogP contribution in [0.5, 0.6) is 0 Å². The van der Waals surface area contributed by atoms with Crippen LogP contribution in [0.15, 0.2) is 18.2 Å². The molecule has 1 aromatic carbocycles. The zero-order valence-corrected chi connectivity index (χ0v) is 15.7. The van der Waals surface area contributed by atoms with Crippen molar-refractivity contribution in [3.05, 3.63) is 21.8 Å². The molecule has 0 aliphatic carbocycles. The molecule has 1 aromatic rings. The zero-order valence-electron chi connectivity index (χ0n) is 12.8. The zero-order chi connectivity index (χ0) is 17.1. The Hall–Kier alpha value is -1.26. The fourth-order valence-electron chi connectivity index (χ4n) is 2.76. The van der Waals surface area contributed by atoms with Crippen LogP contribution in [0.3, 0.4) is 0 Å². The summed E-state index contributed by atoms with van der Waals surface area (Å²) in [6, 6.07) is 5.90. The van der Waals surface area contributed by atoms with Gasteiger partial charge in [-0.05, 0) is 52.4 Å². The molecule has 2 aliphatic heterocycles. The number of rotatable bonds is 4. The molecule has 2 heterocycles. The molecule has 0 unspecified atom stereocenters. The summed E-state index contributed by atoms with van der Waals surface area (Å²) in [6.07, 6.45) is -0.824. The third-order valence-electron chi connectivity index (χ3n) is 3.94. The molecule has 2 aliphatic rings. The number of carbonyl (C=O) groups is 2. The van der Waals surface area contributed by atoms with Crippen LogP contribution in [0.1, 0.15) is 0 Å². The number of hydrogen-bond donors (Lipinski definition) is 1. The lowest BCUT2D eigenvalue weighted by atomic mass is 10.2. The second-order valence-corrected chi connectivity index (χ2v) is 7.01. The molecule has 0 spiro atoms. The number of morpholine rings is 1. The van der Waals surface area contributed by atoms with Crippen molar-refractivity contribution in [2.45, 2.75) is 6.10 Å². The van der Waals surface area contributed by atoms with Gasteiger partial charge in [-0.3, -0.25) is 9.69 Å². The average molecular weight is 466 g/mol. The Morgan fingerprint density at radius 2 is 2.12 bits per heavy atom. The molecule has 0 radical (unpaired) electrons. The number of anilines is 2. The first-order chi connectivity index (χ1) is 11.5. The van der Waals surface area contributed by atoms with Crippen LogP contribution in [-0.2, 0) is 9.47 Å². The predicted molar refractivity (Wildman–Crippen MR) is 99.1 cm³/mol. The summed E-state index contributed by atoms with van der Waals surface area (Å²) in [4.78, 5) is 26.6. The maximum atomic E-state index is 12.1. The SMILES string of the molecule is O=C(Cl)NC[C@H]1CN(c2ccc(N3CCOCC3)c(I)c2)C(=O)O1. The van der Waals surface area contributed by atoms with Crippen molar-refractivity contribution in [1.29, 1.82) is 0 Å². The van der Waals surface area contributed by atoms with Crippen LogP contribution in [0, 0.1) is 3.57 Å². The van der Waals surface area contributed by atoms with Gasteiger partial charge in [0, 0.05) is 22.3 Å². The summed E-state index contributed by atoms with van der Waals surface area (Å²) < 4.78 is 11.7. The number of cyclic esters (lactones) is 1. The fourth-order valence-corrected chi connectivity index (χ4v) is 3.67. The summed E-state index contributed by atoms with van der Waals surface area (Å²) in [5.41, 5.74) is 1.92. The van der Waals surface area contributed by atoms with Gasteiger partial charge in [0.1, 0.15) is 6.10 Å². The van der Waals surface area contributed by atoms with Crippen molar-refractivity contribution in [1.82, 2.24) is 5.32 Å². The van der Waals surface area contributed by atoms with E-state index in [-0.39, 0.29) is 6.54 Å². The molecule has 1 atom stereocenters. The summed E-state index contributed by atoms with van der Waals surface area (Å²) in [7, 11) is 0. The third kappa shape index (κ3) is 4.04. The molecule has 2 amide bonds. The first-order valence-electron chi connectivity index (χ1n) is 7.58. The second-order valence-electron chi connectivity index (χ2n) is 5.51. The largest absolute Gasteiger partial charge is 0.442 e. The molecule has 1 N–H and O–H groups in total. The van der Waals surface area contributed by atoms with Crippen molar-refractivity contribution < 1.29 is 19.1 Å². The Labute approximate surface area is 158 Å². The van der Waals surface area contributed by atoms with E-state index in [9.17, 15) is 9.59 Å². The second kappa shape index (κ2) is 7.75. The van der Waals surface area contributed by atoms with Crippen LogP contribution >= 0.6 is 34.2 Å². The van der Waals surface area contributed by atoms with E-state index in [4.69, 9.17) is 21.1 Å². The minimum atomic E-state index is -0.658. The van der Waals surface area contributed by atoms with Crippen LogP contribution in [0.2, 0.25) is 0 Å². The highest BCUT2D eigenvalue weighted by molar-refractivity contribution is 14.1. The lowest BCUT2D eigenvalue weighted by Gasteiger charge is -2.30. The molecule has 2 saturated heterocycles. The van der Waals surface area contributed by atoms with E-state index in [2.05, 4.69) is 32.8 Å². The summed E-state index contributed by atoms with van der Waals surface area (Å²) in [5, 5.41) is 1.79. The molecule has 3 rings (SSSR count). The summed E-state index contributed by atoms with van der Waals surface area (Å²) >= 11 is 7.52. The van der Waals surface area contributed by atoms with Gasteiger partial charge < -0.3 is 19.7 Å². The smallest absolute Gasteiger partial charge is 0.414 e. The Morgan fingerprint density at radius 3 is 2.79 bits per heavy atom. The molecule has 24 heavy (non-hydrogen) atoms. The van der Waals surface area contributed by atoms with E-state index in [1.54, 1.807) is 4.90 Å². The Balaban J connectivity index is 1.69. The van der Waals surface area contributed by atoms with Crippen molar-refractivity contribution >= 4 is 57.0 Å². The molecule has 0 bridgehead atoms. The normalized spacial score (nSPS) is 20.9. The van der Waals surface area contributed by atoms with E-state index in [1.807, 2.05) is 18.2 Å². The van der Waals surface area contributed by atoms with Crippen LogP contribution in [-0.4, -0.2) is 57.0 Å². The minimum absolute atomic E-state index is 0.202. The number of benzene rings is 1. The van der Waals surface area contributed by atoms with Gasteiger partial charge in [-0.15, -0.1) is 0 Å². The number of nitrogens with zero attached hydrogens (tertiary/aromatic N) is 2. The topological polar surface area (TPSA) is 71.1 Å². The van der Waals surface area contributed by atoms with Crippen molar-refractivity contribution in [3.63, 3.8) is 0 Å². The first kappa shape index (κ1) is 17.6. The maximum Gasteiger partial charge on any atom is 0.414 e. The van der Waals surface area contributed by atoms with E-state index in [0.717, 1.165) is 41.2 Å². The van der Waals surface area contributed by atoms with E-state index >= 15 is 0 Å². The quantitative estimate of drug-likeness (QED) is 0.420. The van der Waals surface area contributed by atoms with Gasteiger partial charge in [0.15, 0.2) is 0 Å². The monoisotopic (exact) mass is 465 g/mol. The predicted octanol–water partition coefficient (Wildman–Crippen LogP) is 2.40.